The molecule has 0 atom stereocenters. The molecule has 0 saturated carbocycles. The minimum absolute atomic E-state index is 0.00693. The second kappa shape index (κ2) is 7.35. The second-order valence-corrected chi connectivity index (χ2v) is 6.17. The lowest BCUT2D eigenvalue weighted by atomic mass is 10.2. The van der Waals surface area contributed by atoms with E-state index in [1.807, 2.05) is 0 Å². The molecule has 0 aliphatic rings. The molecule has 1 aromatic rings. The quantitative estimate of drug-likeness (QED) is 0.717. The summed E-state index contributed by atoms with van der Waals surface area (Å²) < 4.78 is 42.9. The first kappa shape index (κ1) is 16.6. The number of methoxy groups -OCH3 is 1. The third kappa shape index (κ3) is 4.90. The summed E-state index contributed by atoms with van der Waals surface area (Å²) in [6, 6.07) is 5.30. The number of sulfonamides is 1. The molecule has 0 unspecified atom stereocenters. The first-order chi connectivity index (χ1) is 9.39. The highest BCUT2D eigenvalue weighted by Crippen LogP contribution is 2.12. The monoisotopic (exact) mass is 303 g/mol. The van der Waals surface area contributed by atoms with E-state index in [0.717, 1.165) is 0 Å². The van der Waals surface area contributed by atoms with Crippen molar-refractivity contribution in [3.8, 4) is 0 Å². The summed E-state index contributed by atoms with van der Waals surface area (Å²) in [4.78, 5) is 11.1. The number of hydrogen-bond acceptors (Lipinski definition) is 4. The number of halogens is 1. The van der Waals surface area contributed by atoms with Crippen LogP contribution in [0.2, 0.25) is 0 Å². The minimum atomic E-state index is -3.54. The summed E-state index contributed by atoms with van der Waals surface area (Å²) in [7, 11) is -2.28. The van der Waals surface area contributed by atoms with Gasteiger partial charge in [-0.1, -0.05) is 19.1 Å². The first-order valence-corrected chi connectivity index (χ1v) is 7.79. The Morgan fingerprint density at radius 1 is 1.30 bits per heavy atom. The molecule has 0 heterocycles. The standard InChI is InChI=1S/C13H18FNO4S/c1-3-15(9-8-13(16)19-2)20(17,18)10-11-4-6-12(14)7-5-11/h4-7H,3,8-10H2,1-2H3. The van der Waals surface area contributed by atoms with Crippen LogP contribution in [0.5, 0.6) is 0 Å². The lowest BCUT2D eigenvalue weighted by molar-refractivity contribution is -0.140. The van der Waals surface area contributed by atoms with E-state index in [-0.39, 0.29) is 25.3 Å². The van der Waals surface area contributed by atoms with Crippen LogP contribution >= 0.6 is 0 Å². The molecule has 5 nitrogen and oxygen atoms in total. The van der Waals surface area contributed by atoms with Gasteiger partial charge in [-0.25, -0.2) is 17.1 Å². The van der Waals surface area contributed by atoms with Crippen molar-refractivity contribution in [3.63, 3.8) is 0 Å². The Hall–Kier alpha value is -1.47. The predicted molar refractivity (Wildman–Crippen MR) is 72.9 cm³/mol. The number of benzene rings is 1. The van der Waals surface area contributed by atoms with E-state index >= 15 is 0 Å². The SMILES string of the molecule is CCN(CCC(=O)OC)S(=O)(=O)Cc1ccc(F)cc1. The summed E-state index contributed by atoms with van der Waals surface area (Å²) in [6.45, 7) is 2.03. The zero-order valence-electron chi connectivity index (χ0n) is 11.5. The second-order valence-electron chi connectivity index (χ2n) is 4.20. The maximum Gasteiger partial charge on any atom is 0.306 e. The van der Waals surface area contributed by atoms with Crippen LogP contribution in [0, 0.1) is 5.82 Å². The highest BCUT2D eigenvalue weighted by molar-refractivity contribution is 7.88. The largest absolute Gasteiger partial charge is 0.469 e. The minimum Gasteiger partial charge on any atom is -0.469 e. The van der Waals surface area contributed by atoms with Crippen molar-refractivity contribution in [3.05, 3.63) is 35.6 Å². The number of carbonyl (C=O) groups is 1. The molecule has 112 valence electrons. The third-order valence-electron chi connectivity index (χ3n) is 2.80. The highest BCUT2D eigenvalue weighted by atomic mass is 32.2. The molecular formula is C13H18FNO4S. The van der Waals surface area contributed by atoms with Gasteiger partial charge >= 0.3 is 5.97 Å². The summed E-state index contributed by atoms with van der Waals surface area (Å²) in [6.07, 6.45) is 0.00693. The van der Waals surface area contributed by atoms with Crippen molar-refractivity contribution in [2.45, 2.75) is 19.1 Å². The van der Waals surface area contributed by atoms with E-state index in [2.05, 4.69) is 4.74 Å². The van der Waals surface area contributed by atoms with Gasteiger partial charge in [-0.05, 0) is 17.7 Å². The van der Waals surface area contributed by atoms with Crippen LogP contribution in [0.4, 0.5) is 4.39 Å². The number of carbonyl (C=O) groups excluding carboxylic acids is 1. The Labute approximate surface area is 118 Å². The van der Waals surface area contributed by atoms with Gasteiger partial charge in [-0.3, -0.25) is 4.79 Å². The molecule has 1 aromatic carbocycles. The molecular weight excluding hydrogens is 285 g/mol. The lowest BCUT2D eigenvalue weighted by Gasteiger charge is -2.19. The summed E-state index contributed by atoms with van der Waals surface area (Å²) in [5, 5.41) is 0. The summed E-state index contributed by atoms with van der Waals surface area (Å²) in [5.41, 5.74) is 0.503. The molecule has 0 saturated heterocycles. The fourth-order valence-corrected chi connectivity index (χ4v) is 3.25. The van der Waals surface area contributed by atoms with E-state index < -0.39 is 21.8 Å². The molecule has 20 heavy (non-hydrogen) atoms. The Kier molecular flexibility index (Phi) is 6.09. The van der Waals surface area contributed by atoms with Gasteiger partial charge in [0.05, 0.1) is 19.3 Å². The van der Waals surface area contributed by atoms with Crippen molar-refractivity contribution in [2.75, 3.05) is 20.2 Å². The van der Waals surface area contributed by atoms with Gasteiger partial charge in [0, 0.05) is 13.1 Å². The Balaban J connectivity index is 2.74. The van der Waals surface area contributed by atoms with E-state index in [1.54, 1.807) is 6.92 Å². The number of ether oxygens (including phenoxy) is 1. The number of rotatable bonds is 7. The average molecular weight is 303 g/mol. The van der Waals surface area contributed by atoms with Crippen LogP contribution in [0.15, 0.2) is 24.3 Å². The van der Waals surface area contributed by atoms with Crippen LogP contribution in [0.1, 0.15) is 18.9 Å². The number of nitrogens with zero attached hydrogens (tertiary/aromatic N) is 1. The van der Waals surface area contributed by atoms with E-state index in [1.165, 1.54) is 35.7 Å². The predicted octanol–water partition coefficient (Wildman–Crippen LogP) is 1.54. The lowest BCUT2D eigenvalue weighted by Crippen LogP contribution is -2.34. The molecule has 0 radical (unpaired) electrons. The normalized spacial score (nSPS) is 11.6. The van der Waals surface area contributed by atoms with Crippen molar-refractivity contribution >= 4 is 16.0 Å². The Bertz CT molecular complexity index is 542. The Morgan fingerprint density at radius 3 is 2.40 bits per heavy atom. The smallest absolute Gasteiger partial charge is 0.306 e. The first-order valence-electron chi connectivity index (χ1n) is 6.18. The topological polar surface area (TPSA) is 63.7 Å². The van der Waals surface area contributed by atoms with Crippen LogP contribution in [-0.2, 0) is 25.3 Å². The molecule has 0 aliphatic carbocycles. The van der Waals surface area contributed by atoms with E-state index in [0.29, 0.717) is 5.56 Å². The molecule has 1 rings (SSSR count). The van der Waals surface area contributed by atoms with Gasteiger partial charge in [0.2, 0.25) is 10.0 Å². The zero-order valence-corrected chi connectivity index (χ0v) is 12.3. The molecule has 0 fully saturated rings. The van der Waals surface area contributed by atoms with Crippen molar-refractivity contribution < 1.29 is 22.3 Å². The summed E-state index contributed by atoms with van der Waals surface area (Å²) in [5.74, 6) is -1.09. The van der Waals surface area contributed by atoms with Gasteiger partial charge < -0.3 is 4.74 Å². The van der Waals surface area contributed by atoms with Crippen LogP contribution in [-0.4, -0.2) is 38.9 Å². The van der Waals surface area contributed by atoms with Gasteiger partial charge in [0.25, 0.3) is 0 Å². The fourth-order valence-electron chi connectivity index (χ4n) is 1.69. The average Bonchev–Trinajstić information content (AvgIpc) is 2.41. The van der Waals surface area contributed by atoms with Gasteiger partial charge in [0.15, 0.2) is 0 Å². The van der Waals surface area contributed by atoms with Gasteiger partial charge in [-0.2, -0.15) is 0 Å². The van der Waals surface area contributed by atoms with Crippen molar-refractivity contribution in [1.82, 2.24) is 4.31 Å². The number of hydrogen-bond donors (Lipinski definition) is 0. The van der Waals surface area contributed by atoms with E-state index in [9.17, 15) is 17.6 Å². The van der Waals surface area contributed by atoms with Crippen molar-refractivity contribution in [2.24, 2.45) is 0 Å². The van der Waals surface area contributed by atoms with E-state index in [4.69, 9.17) is 0 Å². The number of esters is 1. The summed E-state index contributed by atoms with van der Waals surface area (Å²) >= 11 is 0. The fraction of sp³-hybridized carbons (Fsp3) is 0.462. The van der Waals surface area contributed by atoms with Crippen LogP contribution in [0.25, 0.3) is 0 Å². The molecule has 0 spiro atoms. The maximum absolute atomic E-state index is 12.8. The highest BCUT2D eigenvalue weighted by Gasteiger charge is 2.21. The molecule has 0 N–H and O–H groups in total. The van der Waals surface area contributed by atoms with Gasteiger partial charge in [-0.15, -0.1) is 0 Å². The van der Waals surface area contributed by atoms with Crippen LogP contribution < -0.4 is 0 Å². The zero-order chi connectivity index (χ0) is 15.2. The molecule has 0 amide bonds. The molecule has 7 heteroatoms. The molecule has 0 aromatic heterocycles. The molecule has 0 bridgehead atoms. The van der Waals surface area contributed by atoms with Crippen LogP contribution in [0.3, 0.4) is 0 Å². The maximum atomic E-state index is 12.8. The van der Waals surface area contributed by atoms with Gasteiger partial charge in [0.1, 0.15) is 5.82 Å². The Morgan fingerprint density at radius 2 is 1.90 bits per heavy atom. The molecule has 0 aliphatic heterocycles. The third-order valence-corrected chi connectivity index (χ3v) is 4.73. The van der Waals surface area contributed by atoms with Crippen molar-refractivity contribution in [1.29, 1.82) is 0 Å².